The number of carboxylic acids is 1. The van der Waals surface area contributed by atoms with Crippen LogP contribution in [-0.4, -0.2) is 32.1 Å². The normalized spacial score (nSPS) is 12.7. The fourth-order valence-corrected chi connectivity index (χ4v) is 2.74. The van der Waals surface area contributed by atoms with Gasteiger partial charge in [-0.1, -0.05) is 13.8 Å². The van der Waals surface area contributed by atoms with Crippen molar-refractivity contribution in [3.8, 4) is 0 Å². The molecule has 114 valence electrons. The van der Waals surface area contributed by atoms with Crippen molar-refractivity contribution >= 4 is 28.8 Å². The van der Waals surface area contributed by atoms with E-state index < -0.39 is 5.97 Å². The minimum atomic E-state index is -0.890. The van der Waals surface area contributed by atoms with Crippen LogP contribution in [0.25, 0.3) is 11.0 Å². The molecule has 5 heteroatoms. The lowest BCUT2D eigenvalue weighted by Gasteiger charge is -2.12. The summed E-state index contributed by atoms with van der Waals surface area (Å²) in [6, 6.07) is 5.18. The summed E-state index contributed by atoms with van der Waals surface area (Å²) in [6.45, 7) is 5.24. The molecule has 21 heavy (non-hydrogen) atoms. The minimum absolute atomic E-state index is 0.324. The number of aromatic nitrogens is 2. The quantitative estimate of drug-likeness (QED) is 0.844. The number of carboxylic acid groups (broad SMARTS) is 1. The molecule has 4 nitrogen and oxygen atoms in total. The van der Waals surface area contributed by atoms with E-state index in [9.17, 15) is 4.79 Å². The van der Waals surface area contributed by atoms with Gasteiger partial charge in [-0.25, -0.2) is 9.78 Å². The Balaban J connectivity index is 2.43. The molecule has 1 unspecified atom stereocenters. The number of carbonyl (C=O) groups is 1. The molecule has 0 amide bonds. The van der Waals surface area contributed by atoms with Crippen LogP contribution in [0.2, 0.25) is 0 Å². The van der Waals surface area contributed by atoms with Gasteiger partial charge in [0.25, 0.3) is 0 Å². The summed E-state index contributed by atoms with van der Waals surface area (Å²) >= 11 is 1.85. The van der Waals surface area contributed by atoms with Crippen molar-refractivity contribution < 1.29 is 9.90 Å². The number of hydrogen-bond donors (Lipinski definition) is 1. The summed E-state index contributed by atoms with van der Waals surface area (Å²) in [5, 5.41) is 9.75. The Morgan fingerprint density at radius 1 is 1.48 bits per heavy atom. The molecule has 0 aliphatic carbocycles. The maximum atomic E-state index is 11.2. The SMILES string of the molecule is CCCc1nc2ccc(C(=O)O)cc2n1CCC(C)SC. The van der Waals surface area contributed by atoms with Crippen LogP contribution in [0.15, 0.2) is 18.2 Å². The van der Waals surface area contributed by atoms with Gasteiger partial charge in [0.2, 0.25) is 0 Å². The third-order valence-electron chi connectivity index (χ3n) is 3.71. The lowest BCUT2D eigenvalue weighted by molar-refractivity contribution is 0.0697. The molecule has 2 rings (SSSR count). The molecule has 1 aromatic carbocycles. The largest absolute Gasteiger partial charge is 0.478 e. The number of aromatic carboxylic acids is 1. The summed E-state index contributed by atoms with van der Waals surface area (Å²) < 4.78 is 2.19. The molecule has 0 spiro atoms. The molecule has 0 aliphatic heterocycles. The van der Waals surface area contributed by atoms with E-state index in [1.807, 2.05) is 17.8 Å². The first-order valence-electron chi connectivity index (χ1n) is 7.32. The molecule has 1 aromatic heterocycles. The highest BCUT2D eigenvalue weighted by atomic mass is 32.2. The third-order valence-corrected chi connectivity index (χ3v) is 4.75. The Morgan fingerprint density at radius 2 is 2.24 bits per heavy atom. The Kier molecular flexibility index (Phi) is 5.28. The Hall–Kier alpha value is -1.49. The van der Waals surface area contributed by atoms with Crippen LogP contribution in [-0.2, 0) is 13.0 Å². The molecular formula is C16H22N2O2S. The van der Waals surface area contributed by atoms with Crippen LogP contribution in [0.4, 0.5) is 0 Å². The molecule has 1 heterocycles. The first-order chi connectivity index (χ1) is 10.1. The van der Waals surface area contributed by atoms with Gasteiger partial charge in [-0.3, -0.25) is 0 Å². The first kappa shape index (κ1) is 15.9. The van der Waals surface area contributed by atoms with Crippen molar-refractivity contribution in [1.29, 1.82) is 0 Å². The number of benzene rings is 1. The Morgan fingerprint density at radius 3 is 2.86 bits per heavy atom. The molecule has 0 aliphatic rings. The number of imidazole rings is 1. The molecule has 0 saturated carbocycles. The Bertz CT molecular complexity index is 636. The summed E-state index contributed by atoms with van der Waals surface area (Å²) in [5.41, 5.74) is 2.15. The predicted molar refractivity (Wildman–Crippen MR) is 88.3 cm³/mol. The maximum absolute atomic E-state index is 11.2. The molecule has 0 fully saturated rings. The third kappa shape index (κ3) is 3.59. The lowest BCUT2D eigenvalue weighted by atomic mass is 10.2. The number of hydrogen-bond acceptors (Lipinski definition) is 3. The number of thioether (sulfide) groups is 1. The number of fused-ring (bicyclic) bond motifs is 1. The van der Waals surface area contributed by atoms with Crippen molar-refractivity contribution in [3.05, 3.63) is 29.6 Å². The molecule has 0 saturated heterocycles. The van der Waals surface area contributed by atoms with Gasteiger partial charge in [0, 0.05) is 18.2 Å². The molecule has 0 radical (unpaired) electrons. The average molecular weight is 306 g/mol. The summed E-state index contributed by atoms with van der Waals surface area (Å²) in [4.78, 5) is 15.8. The minimum Gasteiger partial charge on any atom is -0.478 e. The highest BCUT2D eigenvalue weighted by molar-refractivity contribution is 7.99. The first-order valence-corrected chi connectivity index (χ1v) is 8.60. The number of nitrogens with zero attached hydrogens (tertiary/aromatic N) is 2. The zero-order valence-electron chi connectivity index (χ0n) is 12.8. The summed E-state index contributed by atoms with van der Waals surface area (Å²) in [5.74, 6) is 0.169. The van der Waals surface area contributed by atoms with Crippen LogP contribution < -0.4 is 0 Å². The van der Waals surface area contributed by atoms with E-state index in [-0.39, 0.29) is 0 Å². The Labute approximate surface area is 129 Å². The smallest absolute Gasteiger partial charge is 0.335 e. The molecule has 1 atom stereocenters. The second-order valence-electron chi connectivity index (χ2n) is 5.27. The van der Waals surface area contributed by atoms with Crippen LogP contribution in [0.3, 0.4) is 0 Å². The van der Waals surface area contributed by atoms with Crippen LogP contribution >= 0.6 is 11.8 Å². The van der Waals surface area contributed by atoms with Gasteiger partial charge >= 0.3 is 5.97 Å². The van der Waals surface area contributed by atoms with E-state index in [4.69, 9.17) is 5.11 Å². The van der Waals surface area contributed by atoms with Crippen molar-refractivity contribution in [1.82, 2.24) is 9.55 Å². The molecule has 2 aromatic rings. The molecule has 0 bridgehead atoms. The van der Waals surface area contributed by atoms with Gasteiger partial charge < -0.3 is 9.67 Å². The highest BCUT2D eigenvalue weighted by Gasteiger charge is 2.13. The van der Waals surface area contributed by atoms with Crippen molar-refractivity contribution in [3.63, 3.8) is 0 Å². The van der Waals surface area contributed by atoms with Gasteiger partial charge in [-0.15, -0.1) is 0 Å². The monoisotopic (exact) mass is 306 g/mol. The van der Waals surface area contributed by atoms with E-state index >= 15 is 0 Å². The summed E-state index contributed by atoms with van der Waals surface area (Å²) in [6.07, 6.45) is 5.13. The fourth-order valence-electron chi connectivity index (χ4n) is 2.40. The van der Waals surface area contributed by atoms with Crippen molar-refractivity contribution in [2.45, 2.75) is 44.9 Å². The predicted octanol–water partition coefficient (Wildman–Crippen LogP) is 3.83. The van der Waals surface area contributed by atoms with Crippen LogP contribution in [0.5, 0.6) is 0 Å². The topological polar surface area (TPSA) is 55.1 Å². The van der Waals surface area contributed by atoms with Gasteiger partial charge in [-0.2, -0.15) is 11.8 Å². The number of rotatable bonds is 7. The van der Waals surface area contributed by atoms with Crippen LogP contribution in [0, 0.1) is 0 Å². The summed E-state index contributed by atoms with van der Waals surface area (Å²) in [7, 11) is 0. The zero-order valence-corrected chi connectivity index (χ0v) is 13.6. The maximum Gasteiger partial charge on any atom is 0.335 e. The van der Waals surface area contributed by atoms with E-state index in [1.165, 1.54) is 0 Å². The lowest BCUT2D eigenvalue weighted by Crippen LogP contribution is -2.08. The van der Waals surface area contributed by atoms with E-state index in [0.29, 0.717) is 10.8 Å². The van der Waals surface area contributed by atoms with Crippen molar-refractivity contribution in [2.75, 3.05) is 6.26 Å². The van der Waals surface area contributed by atoms with Gasteiger partial charge in [-0.05, 0) is 37.3 Å². The average Bonchev–Trinajstić information content (AvgIpc) is 2.81. The van der Waals surface area contributed by atoms with Gasteiger partial charge in [0.05, 0.1) is 16.6 Å². The standard InChI is InChI=1S/C16H22N2O2S/c1-4-5-15-17-13-7-6-12(16(19)20)10-14(13)18(15)9-8-11(2)21-3/h6-7,10-11H,4-5,8-9H2,1-3H3,(H,19,20). The van der Waals surface area contributed by atoms with E-state index in [0.717, 1.165) is 42.7 Å². The highest BCUT2D eigenvalue weighted by Crippen LogP contribution is 2.21. The van der Waals surface area contributed by atoms with E-state index in [2.05, 4.69) is 29.7 Å². The number of aryl methyl sites for hydroxylation is 2. The fraction of sp³-hybridized carbons (Fsp3) is 0.500. The zero-order chi connectivity index (χ0) is 15.4. The second-order valence-corrected chi connectivity index (χ2v) is 6.55. The molecular weight excluding hydrogens is 284 g/mol. The van der Waals surface area contributed by atoms with Gasteiger partial charge in [0.1, 0.15) is 5.82 Å². The van der Waals surface area contributed by atoms with Crippen molar-refractivity contribution in [2.24, 2.45) is 0 Å². The van der Waals surface area contributed by atoms with Crippen LogP contribution in [0.1, 0.15) is 42.9 Å². The second kappa shape index (κ2) is 6.98. The van der Waals surface area contributed by atoms with E-state index in [1.54, 1.807) is 12.1 Å². The molecule has 1 N–H and O–H groups in total. The van der Waals surface area contributed by atoms with Gasteiger partial charge in [0.15, 0.2) is 0 Å².